The third-order valence-electron chi connectivity index (χ3n) is 3.13. The normalized spacial score (nSPS) is 11.6. The molecule has 0 radical (unpaired) electrons. The smallest absolute Gasteiger partial charge is 0.0739 e. The first-order valence-electron chi connectivity index (χ1n) is 6.18. The van der Waals surface area contributed by atoms with E-state index < -0.39 is 0 Å². The fourth-order valence-corrected chi connectivity index (χ4v) is 2.04. The molecule has 2 nitrogen and oxygen atoms in total. The number of allylic oxidation sites excluding steroid dienone is 1. The van der Waals surface area contributed by atoms with Crippen molar-refractivity contribution in [3.63, 3.8) is 0 Å². The van der Waals surface area contributed by atoms with E-state index in [1.807, 2.05) is 16.8 Å². The average Bonchev–Trinajstić information content (AvgIpc) is 2.67. The van der Waals surface area contributed by atoms with Crippen LogP contribution in [0.1, 0.15) is 44.9 Å². The average molecular weight is 228 g/mol. The van der Waals surface area contributed by atoms with Crippen molar-refractivity contribution < 1.29 is 0 Å². The van der Waals surface area contributed by atoms with Crippen LogP contribution in [0.15, 0.2) is 31.0 Å². The summed E-state index contributed by atoms with van der Waals surface area (Å²) in [5.74, 6) is 0.862. The van der Waals surface area contributed by atoms with Crippen LogP contribution in [0.5, 0.6) is 0 Å². The molecule has 0 fully saturated rings. The highest BCUT2D eigenvalue weighted by Crippen LogP contribution is 2.31. The largest absolute Gasteiger partial charge is 0.240 e. The van der Waals surface area contributed by atoms with Crippen molar-refractivity contribution in [1.82, 2.24) is 9.61 Å². The van der Waals surface area contributed by atoms with Gasteiger partial charge in [-0.05, 0) is 29.5 Å². The van der Waals surface area contributed by atoms with Crippen LogP contribution in [-0.4, -0.2) is 9.61 Å². The Balaban J connectivity index is 2.72. The van der Waals surface area contributed by atoms with Gasteiger partial charge in [-0.15, -0.1) is 0 Å². The Labute approximate surface area is 103 Å². The van der Waals surface area contributed by atoms with Crippen LogP contribution in [0, 0.1) is 5.92 Å². The fraction of sp³-hybridized carbons (Fsp3) is 0.400. The lowest BCUT2D eigenvalue weighted by atomic mass is 9.92. The second kappa shape index (κ2) is 4.36. The van der Waals surface area contributed by atoms with E-state index in [1.54, 1.807) is 0 Å². The molecule has 0 aliphatic rings. The molecule has 2 heteroatoms. The molecule has 2 heterocycles. The molecule has 0 atom stereocenters. The minimum Gasteiger partial charge on any atom is -0.240 e. The fourth-order valence-electron chi connectivity index (χ4n) is 2.04. The van der Waals surface area contributed by atoms with Gasteiger partial charge in [0, 0.05) is 11.8 Å². The van der Waals surface area contributed by atoms with Crippen molar-refractivity contribution in [2.24, 2.45) is 5.92 Å². The second-order valence-electron chi connectivity index (χ2n) is 5.13. The lowest BCUT2D eigenvalue weighted by Crippen LogP contribution is -1.97. The van der Waals surface area contributed by atoms with E-state index in [9.17, 15) is 0 Å². The number of aromatic nitrogens is 2. The second-order valence-corrected chi connectivity index (χ2v) is 5.13. The van der Waals surface area contributed by atoms with Gasteiger partial charge in [0.05, 0.1) is 11.2 Å². The van der Waals surface area contributed by atoms with Gasteiger partial charge in [-0.25, -0.2) is 4.52 Å². The summed E-state index contributed by atoms with van der Waals surface area (Å²) in [6.45, 7) is 13.0. The number of hydrogen-bond acceptors (Lipinski definition) is 1. The van der Waals surface area contributed by atoms with Crippen molar-refractivity contribution in [2.75, 3.05) is 0 Å². The predicted octanol–water partition coefficient (Wildman–Crippen LogP) is 4.13. The molecule has 2 aromatic heterocycles. The summed E-state index contributed by atoms with van der Waals surface area (Å²) in [6, 6.07) is 6.17. The van der Waals surface area contributed by atoms with Crippen LogP contribution in [0.4, 0.5) is 0 Å². The van der Waals surface area contributed by atoms with Crippen molar-refractivity contribution in [3.8, 4) is 0 Å². The quantitative estimate of drug-likeness (QED) is 0.772. The monoisotopic (exact) mass is 228 g/mol. The van der Waals surface area contributed by atoms with E-state index in [-0.39, 0.29) is 0 Å². The van der Waals surface area contributed by atoms with Gasteiger partial charge in [0.1, 0.15) is 0 Å². The first-order valence-corrected chi connectivity index (χ1v) is 6.18. The minimum atomic E-state index is 0.417. The highest BCUT2D eigenvalue weighted by molar-refractivity contribution is 5.80. The standard InChI is InChI=1S/C15H20N2/c1-10(2)12(5)14-13-8-6-7-9-17(13)16-15(14)11(3)4/h6-11H,5H2,1-4H3. The summed E-state index contributed by atoms with van der Waals surface area (Å²) < 4.78 is 1.96. The van der Waals surface area contributed by atoms with Gasteiger partial charge >= 0.3 is 0 Å². The van der Waals surface area contributed by atoms with Gasteiger partial charge in [-0.1, -0.05) is 40.3 Å². The summed E-state index contributed by atoms with van der Waals surface area (Å²) in [5, 5.41) is 4.67. The molecule has 0 N–H and O–H groups in total. The van der Waals surface area contributed by atoms with E-state index in [1.165, 1.54) is 11.1 Å². The highest BCUT2D eigenvalue weighted by Gasteiger charge is 2.18. The third kappa shape index (κ3) is 1.99. The van der Waals surface area contributed by atoms with Crippen LogP contribution < -0.4 is 0 Å². The van der Waals surface area contributed by atoms with Crippen molar-refractivity contribution in [3.05, 3.63) is 42.2 Å². The molecule has 0 unspecified atom stereocenters. The molecule has 2 rings (SSSR count). The molecule has 90 valence electrons. The number of fused-ring (bicyclic) bond motifs is 1. The number of hydrogen-bond donors (Lipinski definition) is 0. The van der Waals surface area contributed by atoms with E-state index in [2.05, 4.69) is 51.5 Å². The van der Waals surface area contributed by atoms with Gasteiger partial charge in [0.25, 0.3) is 0 Å². The van der Waals surface area contributed by atoms with Crippen LogP contribution in [0.3, 0.4) is 0 Å². The maximum atomic E-state index is 4.67. The van der Waals surface area contributed by atoms with Crippen LogP contribution in [0.2, 0.25) is 0 Å². The first kappa shape index (κ1) is 11.9. The maximum Gasteiger partial charge on any atom is 0.0739 e. The minimum absolute atomic E-state index is 0.417. The molecular weight excluding hydrogens is 208 g/mol. The summed E-state index contributed by atoms with van der Waals surface area (Å²) in [7, 11) is 0. The molecule has 17 heavy (non-hydrogen) atoms. The van der Waals surface area contributed by atoms with Gasteiger partial charge in [0.2, 0.25) is 0 Å². The Morgan fingerprint density at radius 2 is 1.94 bits per heavy atom. The Morgan fingerprint density at radius 1 is 1.24 bits per heavy atom. The zero-order chi connectivity index (χ0) is 12.6. The molecule has 0 aromatic carbocycles. The lowest BCUT2D eigenvalue weighted by molar-refractivity contribution is 0.781. The van der Waals surface area contributed by atoms with E-state index in [4.69, 9.17) is 0 Å². The Kier molecular flexibility index (Phi) is 3.05. The van der Waals surface area contributed by atoms with Gasteiger partial charge in [0.15, 0.2) is 0 Å². The van der Waals surface area contributed by atoms with Gasteiger partial charge < -0.3 is 0 Å². The maximum absolute atomic E-state index is 4.67. The molecule has 0 bridgehead atoms. The number of pyridine rings is 1. The topological polar surface area (TPSA) is 17.3 Å². The number of rotatable bonds is 3. The summed E-state index contributed by atoms with van der Waals surface area (Å²) in [5.41, 5.74) is 4.72. The molecule has 2 aromatic rings. The Hall–Kier alpha value is -1.57. The van der Waals surface area contributed by atoms with Crippen LogP contribution >= 0.6 is 0 Å². The number of nitrogens with zero attached hydrogens (tertiary/aromatic N) is 2. The molecular formula is C15H20N2. The van der Waals surface area contributed by atoms with E-state index >= 15 is 0 Å². The van der Waals surface area contributed by atoms with Crippen molar-refractivity contribution in [2.45, 2.75) is 33.6 Å². The SMILES string of the molecule is C=C(c1c(C(C)C)nn2ccccc12)C(C)C. The molecule has 0 aliphatic carbocycles. The highest BCUT2D eigenvalue weighted by atomic mass is 15.2. The van der Waals surface area contributed by atoms with Crippen LogP contribution in [-0.2, 0) is 0 Å². The Bertz CT molecular complexity index is 547. The summed E-state index contributed by atoms with van der Waals surface area (Å²) >= 11 is 0. The van der Waals surface area contributed by atoms with Gasteiger partial charge in [-0.3, -0.25) is 0 Å². The lowest BCUT2D eigenvalue weighted by Gasteiger charge is -2.11. The molecule has 0 spiro atoms. The summed E-state index contributed by atoms with van der Waals surface area (Å²) in [4.78, 5) is 0. The Morgan fingerprint density at radius 3 is 2.53 bits per heavy atom. The van der Waals surface area contributed by atoms with Gasteiger partial charge in [-0.2, -0.15) is 5.10 Å². The molecule has 0 saturated carbocycles. The van der Waals surface area contributed by atoms with Crippen LogP contribution in [0.25, 0.3) is 11.1 Å². The zero-order valence-electron chi connectivity index (χ0n) is 11.1. The molecule has 0 saturated heterocycles. The van der Waals surface area contributed by atoms with E-state index in [0.29, 0.717) is 11.8 Å². The predicted molar refractivity (Wildman–Crippen MR) is 73.2 cm³/mol. The zero-order valence-corrected chi connectivity index (χ0v) is 11.1. The molecule has 0 amide bonds. The first-order chi connectivity index (χ1) is 8.02. The third-order valence-corrected chi connectivity index (χ3v) is 3.13. The summed E-state index contributed by atoms with van der Waals surface area (Å²) in [6.07, 6.45) is 2.00. The van der Waals surface area contributed by atoms with Crippen molar-refractivity contribution in [1.29, 1.82) is 0 Å². The van der Waals surface area contributed by atoms with E-state index in [0.717, 1.165) is 11.2 Å². The molecule has 0 aliphatic heterocycles. The van der Waals surface area contributed by atoms with Crippen molar-refractivity contribution >= 4 is 11.1 Å².